The van der Waals surface area contributed by atoms with Crippen LogP contribution in [0.3, 0.4) is 0 Å². The topological polar surface area (TPSA) is 102 Å². The molecule has 0 radical (unpaired) electrons. The zero-order valence-corrected chi connectivity index (χ0v) is 19.7. The van der Waals surface area contributed by atoms with E-state index in [1.165, 1.54) is 0 Å². The molecule has 1 aliphatic rings. The number of carbonyl (C=O) groups is 3. The van der Waals surface area contributed by atoms with Crippen molar-refractivity contribution >= 4 is 17.9 Å². The molecule has 1 aliphatic heterocycles. The van der Waals surface area contributed by atoms with Crippen LogP contribution in [0.15, 0.2) is 0 Å². The maximum absolute atomic E-state index is 12.3. The lowest BCUT2D eigenvalue weighted by Crippen LogP contribution is -3.09. The first-order valence-corrected chi connectivity index (χ1v) is 11.4. The van der Waals surface area contributed by atoms with E-state index in [1.54, 1.807) is 0 Å². The molecule has 1 heterocycles. The molecule has 0 bridgehead atoms. The highest BCUT2D eigenvalue weighted by Crippen LogP contribution is 2.26. The maximum Gasteiger partial charge on any atom is 0.306 e. The molecule has 1 rings (SSSR count). The van der Waals surface area contributed by atoms with Gasteiger partial charge in [0.15, 0.2) is 24.6 Å². The third kappa shape index (κ3) is 9.98. The van der Waals surface area contributed by atoms with Gasteiger partial charge in [-0.15, -0.1) is 6.42 Å². The third-order valence-corrected chi connectivity index (χ3v) is 4.78. The van der Waals surface area contributed by atoms with Crippen LogP contribution in [0.5, 0.6) is 0 Å². The van der Waals surface area contributed by atoms with Crippen molar-refractivity contribution in [3.8, 4) is 12.3 Å². The fourth-order valence-electron chi connectivity index (χ4n) is 3.13. The molecule has 182 valence electrons. The summed E-state index contributed by atoms with van der Waals surface area (Å²) in [4.78, 5) is 37.8. The maximum atomic E-state index is 12.3. The molecule has 0 aromatic rings. The molecule has 0 aromatic carbocycles. The Morgan fingerprint density at radius 1 is 0.938 bits per heavy atom. The number of quaternary nitrogens is 1. The fraction of sp³-hybridized carbons (Fsp3) is 0.783. The van der Waals surface area contributed by atoms with Crippen LogP contribution in [0, 0.1) is 12.3 Å². The number of likely N-dealkylation sites (N-methyl/N-ethyl adjacent to an activating group) is 1. The molecule has 0 aromatic heterocycles. The summed E-state index contributed by atoms with van der Waals surface area (Å²) in [5, 5.41) is 0. The Kier molecular flexibility index (Phi) is 13.6. The van der Waals surface area contributed by atoms with E-state index in [-0.39, 0.29) is 32.5 Å². The predicted molar refractivity (Wildman–Crippen MR) is 116 cm³/mol. The van der Waals surface area contributed by atoms with E-state index in [4.69, 9.17) is 30.1 Å². The normalized spacial score (nSPS) is 23.6. The molecule has 0 aliphatic carbocycles. The predicted octanol–water partition coefficient (Wildman–Crippen LogP) is 0.643. The minimum absolute atomic E-state index is 0.0426. The van der Waals surface area contributed by atoms with E-state index >= 15 is 0 Å². The van der Waals surface area contributed by atoms with Crippen molar-refractivity contribution in [2.24, 2.45) is 0 Å². The molecule has 0 amide bonds. The number of hydrogen-bond donors (Lipinski definition) is 1. The van der Waals surface area contributed by atoms with Gasteiger partial charge in [-0.2, -0.15) is 0 Å². The Hall–Kier alpha value is -2.15. The Morgan fingerprint density at radius 2 is 1.47 bits per heavy atom. The van der Waals surface area contributed by atoms with E-state index in [0.29, 0.717) is 32.4 Å². The Labute approximate surface area is 191 Å². The molecule has 9 heteroatoms. The number of rotatable bonds is 14. The van der Waals surface area contributed by atoms with Crippen LogP contribution < -0.4 is 4.90 Å². The molecular formula is C23H38NO8+. The second-order valence-corrected chi connectivity index (χ2v) is 7.85. The zero-order chi connectivity index (χ0) is 23.9. The third-order valence-electron chi connectivity index (χ3n) is 4.78. The smallest absolute Gasteiger partial charge is 0.306 e. The van der Waals surface area contributed by atoms with Crippen molar-refractivity contribution in [3.63, 3.8) is 0 Å². The summed E-state index contributed by atoms with van der Waals surface area (Å²) in [6.07, 6.45) is 3.78. The number of terminal acetylenes is 1. The van der Waals surface area contributed by atoms with Gasteiger partial charge in [0.25, 0.3) is 0 Å². The minimum Gasteiger partial charge on any atom is -0.456 e. The Bertz CT molecular complexity index is 632. The van der Waals surface area contributed by atoms with Crippen molar-refractivity contribution in [1.29, 1.82) is 0 Å². The summed E-state index contributed by atoms with van der Waals surface area (Å²) < 4.78 is 28.3. The molecule has 5 atom stereocenters. The first kappa shape index (κ1) is 27.9. The summed E-state index contributed by atoms with van der Waals surface area (Å²) in [6.45, 7) is 6.95. The number of ether oxygens (including phenoxy) is 5. The van der Waals surface area contributed by atoms with Gasteiger partial charge < -0.3 is 28.6 Å². The van der Waals surface area contributed by atoms with Crippen molar-refractivity contribution in [3.05, 3.63) is 0 Å². The minimum atomic E-state index is -1.06. The van der Waals surface area contributed by atoms with E-state index in [1.807, 2.05) is 27.8 Å². The molecule has 1 N–H and O–H groups in total. The summed E-state index contributed by atoms with van der Waals surface area (Å²) in [6, 6.07) is 0. The van der Waals surface area contributed by atoms with Gasteiger partial charge in [0, 0.05) is 19.3 Å². The van der Waals surface area contributed by atoms with E-state index in [2.05, 4.69) is 5.92 Å². The van der Waals surface area contributed by atoms with Crippen molar-refractivity contribution < 1.29 is 43.0 Å². The van der Waals surface area contributed by atoms with Gasteiger partial charge in [0.05, 0.1) is 20.3 Å². The van der Waals surface area contributed by atoms with Crippen LogP contribution in [-0.2, 0) is 38.1 Å². The molecule has 9 nitrogen and oxygen atoms in total. The average molecular weight is 457 g/mol. The second-order valence-electron chi connectivity index (χ2n) is 7.85. The van der Waals surface area contributed by atoms with Crippen molar-refractivity contribution in [2.45, 2.75) is 83.9 Å². The molecule has 0 spiro atoms. The highest BCUT2D eigenvalue weighted by molar-refractivity contribution is 5.71. The SMILES string of the molecule is C#CC[NH+](C)CCOC1OCC(OC(=O)CCC)C(OC(=O)CCC)C1OC(=O)CCC. The highest BCUT2D eigenvalue weighted by Gasteiger charge is 2.48. The summed E-state index contributed by atoms with van der Waals surface area (Å²) >= 11 is 0. The van der Waals surface area contributed by atoms with Gasteiger partial charge in [-0.05, 0) is 25.2 Å². The number of esters is 3. The van der Waals surface area contributed by atoms with Gasteiger partial charge in [-0.3, -0.25) is 14.4 Å². The number of carbonyl (C=O) groups excluding carboxylic acids is 3. The fourth-order valence-corrected chi connectivity index (χ4v) is 3.13. The molecule has 5 unspecified atom stereocenters. The average Bonchev–Trinajstić information content (AvgIpc) is 2.72. The highest BCUT2D eigenvalue weighted by atomic mass is 16.7. The van der Waals surface area contributed by atoms with Gasteiger partial charge in [-0.1, -0.05) is 20.8 Å². The van der Waals surface area contributed by atoms with Crippen molar-refractivity contribution in [2.75, 3.05) is 33.4 Å². The van der Waals surface area contributed by atoms with Crippen LogP contribution >= 0.6 is 0 Å². The van der Waals surface area contributed by atoms with Crippen LogP contribution in [0.25, 0.3) is 0 Å². The molecular weight excluding hydrogens is 418 g/mol. The largest absolute Gasteiger partial charge is 0.456 e. The number of hydrogen-bond acceptors (Lipinski definition) is 8. The molecule has 1 saturated heterocycles. The van der Waals surface area contributed by atoms with Crippen LogP contribution in [0.2, 0.25) is 0 Å². The van der Waals surface area contributed by atoms with Crippen molar-refractivity contribution in [1.82, 2.24) is 0 Å². The molecule has 1 fully saturated rings. The van der Waals surface area contributed by atoms with Crippen LogP contribution in [0.4, 0.5) is 0 Å². The Balaban J connectivity index is 3.03. The van der Waals surface area contributed by atoms with Gasteiger partial charge >= 0.3 is 17.9 Å². The first-order valence-electron chi connectivity index (χ1n) is 11.4. The van der Waals surface area contributed by atoms with Crippen LogP contribution in [-0.4, -0.2) is 75.9 Å². The zero-order valence-electron chi connectivity index (χ0n) is 19.7. The summed E-state index contributed by atoms with van der Waals surface area (Å²) in [5.74, 6) is 1.21. The van der Waals surface area contributed by atoms with E-state index < -0.39 is 42.5 Å². The first-order chi connectivity index (χ1) is 15.4. The standard InChI is InChI=1S/C23H37NO8/c1-6-10-18(25)30-17-16-29-23(28-15-14-24(5)13-9-4)22(32-20(27)12-8-3)21(17)31-19(26)11-7-2/h4,17,21-23H,6-8,10-16H2,1-3,5H3/p+1. The summed E-state index contributed by atoms with van der Waals surface area (Å²) in [7, 11) is 1.93. The second kappa shape index (κ2) is 15.6. The molecule has 0 saturated carbocycles. The summed E-state index contributed by atoms with van der Waals surface area (Å²) in [5.41, 5.74) is 0. The monoisotopic (exact) mass is 456 g/mol. The van der Waals surface area contributed by atoms with E-state index in [9.17, 15) is 14.4 Å². The van der Waals surface area contributed by atoms with Crippen LogP contribution in [0.1, 0.15) is 59.3 Å². The lowest BCUT2D eigenvalue weighted by molar-refractivity contribution is -0.872. The Morgan fingerprint density at radius 3 is 2.00 bits per heavy atom. The van der Waals surface area contributed by atoms with E-state index in [0.717, 1.165) is 4.90 Å². The lowest BCUT2D eigenvalue weighted by atomic mass is 10.0. The van der Waals surface area contributed by atoms with Gasteiger partial charge in [-0.25, -0.2) is 0 Å². The number of nitrogens with one attached hydrogen (secondary N) is 1. The van der Waals surface area contributed by atoms with Gasteiger partial charge in [0.2, 0.25) is 0 Å². The quantitative estimate of drug-likeness (QED) is 0.231. The lowest BCUT2D eigenvalue weighted by Gasteiger charge is -2.40. The van der Waals surface area contributed by atoms with Gasteiger partial charge in [0.1, 0.15) is 13.1 Å². The molecule has 32 heavy (non-hydrogen) atoms.